The van der Waals surface area contributed by atoms with Crippen molar-refractivity contribution in [1.82, 2.24) is 20.2 Å². The summed E-state index contributed by atoms with van der Waals surface area (Å²) < 4.78 is 8.04. The van der Waals surface area contributed by atoms with E-state index in [9.17, 15) is 0 Å². The van der Waals surface area contributed by atoms with Gasteiger partial charge in [-0.15, -0.1) is 5.10 Å². The minimum Gasteiger partial charge on any atom is -0.454 e. The molecule has 0 saturated heterocycles. The zero-order chi connectivity index (χ0) is 19.9. The summed E-state index contributed by atoms with van der Waals surface area (Å²) in [6.07, 6.45) is 0.917. The fourth-order valence-corrected chi connectivity index (χ4v) is 3.97. The van der Waals surface area contributed by atoms with Gasteiger partial charge in [-0.05, 0) is 60.4 Å². The lowest BCUT2D eigenvalue weighted by Gasteiger charge is -2.32. The first-order valence-electron chi connectivity index (χ1n) is 9.49. The Morgan fingerprint density at radius 1 is 0.893 bits per heavy atom. The van der Waals surface area contributed by atoms with Crippen LogP contribution in [0.1, 0.15) is 52.4 Å². The average Bonchev–Trinajstić information content (AvgIpc) is 3.04. The number of ether oxygens (including phenoxy) is 1. The average molecular weight is 375 g/mol. The van der Waals surface area contributed by atoms with E-state index in [1.807, 2.05) is 53.2 Å². The predicted molar refractivity (Wildman–Crippen MR) is 109 cm³/mol. The van der Waals surface area contributed by atoms with Crippen LogP contribution in [0, 0.1) is 5.41 Å². The molecule has 0 unspecified atom stereocenters. The van der Waals surface area contributed by atoms with Crippen LogP contribution in [0.15, 0.2) is 53.5 Å². The summed E-state index contributed by atoms with van der Waals surface area (Å²) in [5, 5.41) is 12.7. The van der Waals surface area contributed by atoms with Crippen LogP contribution >= 0.6 is 0 Å². The van der Waals surface area contributed by atoms with Crippen LogP contribution in [0.25, 0.3) is 0 Å². The lowest BCUT2D eigenvalue weighted by Crippen LogP contribution is -2.35. The Balaban J connectivity index is 1.90. The summed E-state index contributed by atoms with van der Waals surface area (Å²) in [4.78, 5) is 4.92. The second-order valence-electron chi connectivity index (χ2n) is 8.99. The molecule has 6 heteroatoms. The molecule has 0 atom stereocenters. The third kappa shape index (κ3) is 3.42. The van der Waals surface area contributed by atoms with E-state index < -0.39 is 0 Å². The molecule has 0 amide bonds. The molecule has 4 rings (SSSR count). The largest absolute Gasteiger partial charge is 0.454 e. The molecule has 0 spiro atoms. The first-order chi connectivity index (χ1) is 13.2. The van der Waals surface area contributed by atoms with E-state index in [0.717, 1.165) is 29.2 Å². The number of nitrogens with zero attached hydrogens (tertiary/aromatic N) is 5. The van der Waals surface area contributed by atoms with E-state index in [0.29, 0.717) is 11.5 Å². The lowest BCUT2D eigenvalue weighted by molar-refractivity contribution is 0.194. The highest BCUT2D eigenvalue weighted by Crippen LogP contribution is 2.39. The summed E-state index contributed by atoms with van der Waals surface area (Å²) in [5.41, 5.74) is 2.21. The second-order valence-corrected chi connectivity index (χ2v) is 8.99. The van der Waals surface area contributed by atoms with E-state index in [2.05, 4.69) is 50.1 Å². The molecule has 28 heavy (non-hydrogen) atoms. The van der Waals surface area contributed by atoms with Crippen molar-refractivity contribution in [3.63, 3.8) is 0 Å². The van der Waals surface area contributed by atoms with Crippen LogP contribution in [0.5, 0.6) is 11.5 Å². The molecule has 2 aromatic carbocycles. The van der Waals surface area contributed by atoms with Gasteiger partial charge in [-0.1, -0.05) is 45.0 Å². The highest BCUT2D eigenvalue weighted by molar-refractivity contribution is 6.14. The van der Waals surface area contributed by atoms with Gasteiger partial charge in [0, 0.05) is 5.56 Å². The van der Waals surface area contributed by atoms with Crippen LogP contribution in [0.2, 0.25) is 0 Å². The highest BCUT2D eigenvalue weighted by Gasteiger charge is 2.33. The molecule has 1 aliphatic heterocycles. The summed E-state index contributed by atoms with van der Waals surface area (Å²) in [5.74, 6) is 2.11. The van der Waals surface area contributed by atoms with Gasteiger partial charge in [0.25, 0.3) is 0 Å². The molecule has 2 heterocycles. The number of hydrogen-bond donors (Lipinski definition) is 0. The minimum atomic E-state index is -0.277. The van der Waals surface area contributed by atoms with Gasteiger partial charge in [-0.25, -0.2) is 9.67 Å². The molecular formula is C22H25N5O. The maximum Gasteiger partial charge on any atom is 0.201 e. The van der Waals surface area contributed by atoms with Crippen molar-refractivity contribution >= 4 is 11.4 Å². The summed E-state index contributed by atoms with van der Waals surface area (Å²) in [6.45, 7) is 11.0. The van der Waals surface area contributed by atoms with Crippen molar-refractivity contribution < 1.29 is 4.74 Å². The fraction of sp³-hybridized carbons (Fsp3) is 0.364. The number of para-hydroxylation sites is 3. The summed E-state index contributed by atoms with van der Waals surface area (Å²) in [6, 6.07) is 15.6. The molecule has 0 saturated carbocycles. The van der Waals surface area contributed by atoms with E-state index in [4.69, 9.17) is 9.73 Å². The van der Waals surface area contributed by atoms with E-state index in [1.54, 1.807) is 0 Å². The Morgan fingerprint density at radius 3 is 2.32 bits per heavy atom. The Labute approximate surface area is 165 Å². The number of hydrogen-bond acceptors (Lipinski definition) is 5. The Kier molecular flexibility index (Phi) is 4.29. The van der Waals surface area contributed by atoms with Crippen molar-refractivity contribution in [3.05, 3.63) is 59.9 Å². The molecule has 0 radical (unpaired) electrons. The topological polar surface area (TPSA) is 65.2 Å². The van der Waals surface area contributed by atoms with Gasteiger partial charge in [-0.2, -0.15) is 0 Å². The van der Waals surface area contributed by atoms with Gasteiger partial charge in [0.05, 0.1) is 5.54 Å². The number of rotatable bonds is 3. The maximum absolute atomic E-state index is 6.14. The van der Waals surface area contributed by atoms with Gasteiger partial charge in [0.1, 0.15) is 17.1 Å². The minimum absolute atomic E-state index is 0.131. The smallest absolute Gasteiger partial charge is 0.201 e. The quantitative estimate of drug-likeness (QED) is 0.498. The van der Waals surface area contributed by atoms with Gasteiger partial charge in [0.15, 0.2) is 5.75 Å². The van der Waals surface area contributed by atoms with Crippen molar-refractivity contribution in [2.24, 2.45) is 10.4 Å². The zero-order valence-electron chi connectivity index (χ0n) is 17.0. The lowest BCUT2D eigenvalue weighted by atomic mass is 9.82. The van der Waals surface area contributed by atoms with Crippen LogP contribution in [-0.2, 0) is 5.54 Å². The van der Waals surface area contributed by atoms with E-state index >= 15 is 0 Å². The third-order valence-electron chi connectivity index (χ3n) is 4.68. The molecule has 1 aromatic heterocycles. The SMILES string of the molecule is CC(C)(C)CC(C)(C)n1nnnc1C1=Nc2ccccc2Oc2ccccc21. The second kappa shape index (κ2) is 6.55. The monoisotopic (exact) mass is 375 g/mol. The van der Waals surface area contributed by atoms with Gasteiger partial charge >= 0.3 is 0 Å². The highest BCUT2D eigenvalue weighted by atomic mass is 16.5. The Hall–Kier alpha value is -3.02. The Bertz CT molecular complexity index is 1040. The molecule has 0 N–H and O–H groups in total. The van der Waals surface area contributed by atoms with Gasteiger partial charge < -0.3 is 4.74 Å². The van der Waals surface area contributed by atoms with Crippen molar-refractivity contribution in [3.8, 4) is 11.5 Å². The van der Waals surface area contributed by atoms with Gasteiger partial charge in [-0.3, -0.25) is 0 Å². The summed E-state index contributed by atoms with van der Waals surface area (Å²) >= 11 is 0. The number of benzene rings is 2. The van der Waals surface area contributed by atoms with Crippen LogP contribution in [0.3, 0.4) is 0 Å². The standard InChI is InChI=1S/C22H25N5O/c1-21(2,3)14-22(4,5)27-20(24-25-26-27)19-15-10-6-8-12-17(15)28-18-13-9-7-11-16(18)23-19/h6-13H,14H2,1-5H3. The first-order valence-corrected chi connectivity index (χ1v) is 9.49. The van der Waals surface area contributed by atoms with Crippen molar-refractivity contribution in [1.29, 1.82) is 0 Å². The number of aliphatic imine (C=N–C) groups is 1. The third-order valence-corrected chi connectivity index (χ3v) is 4.68. The van der Waals surface area contributed by atoms with E-state index in [1.165, 1.54) is 0 Å². The molecule has 3 aromatic rings. The van der Waals surface area contributed by atoms with Crippen molar-refractivity contribution in [2.75, 3.05) is 0 Å². The van der Waals surface area contributed by atoms with Gasteiger partial charge in [0.2, 0.25) is 5.82 Å². The number of tetrazole rings is 1. The predicted octanol–water partition coefficient (Wildman–Crippen LogP) is 5.12. The molecule has 1 aliphatic rings. The zero-order valence-corrected chi connectivity index (χ0v) is 17.0. The molecular weight excluding hydrogens is 350 g/mol. The maximum atomic E-state index is 6.14. The normalized spacial score (nSPS) is 13.8. The molecule has 144 valence electrons. The fourth-order valence-electron chi connectivity index (χ4n) is 3.97. The Morgan fingerprint density at radius 2 is 1.57 bits per heavy atom. The van der Waals surface area contributed by atoms with E-state index in [-0.39, 0.29) is 11.0 Å². The summed E-state index contributed by atoms with van der Waals surface area (Å²) in [7, 11) is 0. The van der Waals surface area contributed by atoms with Crippen molar-refractivity contribution in [2.45, 2.75) is 46.6 Å². The van der Waals surface area contributed by atoms with Crippen LogP contribution in [0.4, 0.5) is 5.69 Å². The number of fused-ring (bicyclic) bond motifs is 2. The molecule has 0 bridgehead atoms. The van der Waals surface area contributed by atoms with Crippen LogP contribution < -0.4 is 4.74 Å². The molecule has 0 fully saturated rings. The first kappa shape index (κ1) is 18.3. The van der Waals surface area contributed by atoms with Crippen LogP contribution in [-0.4, -0.2) is 25.9 Å². The molecule has 0 aliphatic carbocycles. The molecule has 6 nitrogen and oxygen atoms in total. The number of aromatic nitrogens is 4.